The molecule has 0 saturated heterocycles. The van der Waals surface area contributed by atoms with E-state index < -0.39 is 0 Å². The Bertz CT molecular complexity index is 4080. The van der Waals surface area contributed by atoms with Crippen molar-refractivity contribution in [3.05, 3.63) is 241 Å². The number of aromatic nitrogens is 4. The third kappa shape index (κ3) is 5.89. The molecule has 0 unspecified atom stereocenters. The highest BCUT2D eigenvalue weighted by Crippen LogP contribution is 2.58. The second-order valence-electron chi connectivity index (χ2n) is 20.2. The van der Waals surface area contributed by atoms with Crippen LogP contribution in [0.5, 0.6) is 0 Å². The molecule has 4 heteroatoms. The van der Waals surface area contributed by atoms with E-state index in [0.717, 1.165) is 56.2 Å². The van der Waals surface area contributed by atoms with Crippen LogP contribution < -0.4 is 0 Å². The molecule has 0 N–H and O–H groups in total. The molecule has 0 aliphatic heterocycles. The van der Waals surface area contributed by atoms with Gasteiger partial charge in [-0.3, -0.25) is 9.13 Å². The van der Waals surface area contributed by atoms with E-state index in [9.17, 15) is 0 Å². The Labute approximate surface area is 407 Å². The first kappa shape index (κ1) is 40.5. The molecule has 2 aliphatic carbocycles. The number of fused-ring (bicyclic) bond motifs is 10. The van der Waals surface area contributed by atoms with Crippen LogP contribution in [0, 0.1) is 0 Å². The number of hydrogen-bond acceptors (Lipinski definition) is 2. The van der Waals surface area contributed by atoms with Crippen LogP contribution in [0.2, 0.25) is 0 Å². The second-order valence-corrected chi connectivity index (χ2v) is 20.2. The van der Waals surface area contributed by atoms with Gasteiger partial charge in [-0.05, 0) is 150 Å². The molecule has 332 valence electrons. The monoisotopic (exact) mass is 896 g/mol. The standard InChI is InChI=1S/C66H48N4/c1-65(2)54-37-45(41-27-31-43(32-28-41)63-67-58-23-13-15-25-60(58)69(63)46-17-7-5-8-18-46)35-36-49(54)52-39-56-53(40-55(52)65)62-50-22-12-11-21-48(50)51(38-57(62)66(56,3)4)42-29-33-44(34-30-42)64-68-59-24-14-16-26-61(59)70(64)47-19-9-6-10-20-47/h5-40H,1-4H3. The molecule has 70 heavy (non-hydrogen) atoms. The number of para-hydroxylation sites is 6. The van der Waals surface area contributed by atoms with E-state index in [-0.39, 0.29) is 10.8 Å². The maximum absolute atomic E-state index is 5.16. The number of nitrogens with zero attached hydrogens (tertiary/aromatic N) is 4. The third-order valence-corrected chi connectivity index (χ3v) is 15.6. The summed E-state index contributed by atoms with van der Waals surface area (Å²) in [4.78, 5) is 10.3. The Morgan fingerprint density at radius 3 is 1.34 bits per heavy atom. The fraction of sp³-hybridized carbons (Fsp3) is 0.0909. The average Bonchev–Trinajstić information content (AvgIpc) is 4.11. The first-order valence-corrected chi connectivity index (χ1v) is 24.4. The summed E-state index contributed by atoms with van der Waals surface area (Å²) < 4.78 is 4.54. The van der Waals surface area contributed by atoms with Gasteiger partial charge < -0.3 is 0 Å². The van der Waals surface area contributed by atoms with Gasteiger partial charge in [0.2, 0.25) is 0 Å². The van der Waals surface area contributed by atoms with Crippen LogP contribution in [0.15, 0.2) is 218 Å². The Hall–Kier alpha value is -8.60. The summed E-state index contributed by atoms with van der Waals surface area (Å²) in [5.74, 6) is 1.88. The van der Waals surface area contributed by atoms with Crippen LogP contribution in [0.3, 0.4) is 0 Å². The van der Waals surface area contributed by atoms with Gasteiger partial charge in [0.15, 0.2) is 0 Å². The highest BCUT2D eigenvalue weighted by Gasteiger charge is 2.42. The van der Waals surface area contributed by atoms with E-state index in [1.807, 2.05) is 0 Å². The van der Waals surface area contributed by atoms with E-state index in [1.165, 1.54) is 77.5 Å². The largest absolute Gasteiger partial charge is 0.292 e. The van der Waals surface area contributed by atoms with E-state index in [1.54, 1.807) is 0 Å². The van der Waals surface area contributed by atoms with Gasteiger partial charge in [0.05, 0.1) is 22.1 Å². The molecule has 0 amide bonds. The van der Waals surface area contributed by atoms with Crippen LogP contribution in [-0.4, -0.2) is 19.1 Å². The van der Waals surface area contributed by atoms with Gasteiger partial charge >= 0.3 is 0 Å². The lowest BCUT2D eigenvalue weighted by molar-refractivity contribution is 0.652. The van der Waals surface area contributed by atoms with Gasteiger partial charge in [-0.2, -0.15) is 0 Å². The first-order chi connectivity index (χ1) is 34.2. The molecular formula is C66H48N4. The molecule has 2 heterocycles. The van der Waals surface area contributed by atoms with Gasteiger partial charge in [0.1, 0.15) is 11.6 Å². The lowest BCUT2D eigenvalue weighted by Gasteiger charge is -2.24. The zero-order valence-corrected chi connectivity index (χ0v) is 39.6. The zero-order chi connectivity index (χ0) is 46.9. The summed E-state index contributed by atoms with van der Waals surface area (Å²) in [5, 5.41) is 2.57. The minimum absolute atomic E-state index is 0.193. The minimum atomic E-state index is -0.214. The number of imidazole rings is 2. The fourth-order valence-corrected chi connectivity index (χ4v) is 12.0. The first-order valence-electron chi connectivity index (χ1n) is 24.4. The van der Waals surface area contributed by atoms with Crippen LogP contribution in [0.1, 0.15) is 49.9 Å². The topological polar surface area (TPSA) is 35.6 Å². The quantitative estimate of drug-likeness (QED) is 0.167. The second kappa shape index (κ2) is 14.9. The highest BCUT2D eigenvalue weighted by atomic mass is 15.1. The van der Waals surface area contributed by atoms with Gasteiger partial charge in [-0.1, -0.05) is 173 Å². The van der Waals surface area contributed by atoms with Crippen molar-refractivity contribution in [2.24, 2.45) is 0 Å². The minimum Gasteiger partial charge on any atom is -0.292 e. The maximum Gasteiger partial charge on any atom is 0.145 e. The summed E-state index contributed by atoms with van der Waals surface area (Å²) in [6, 6.07) is 79.6. The molecule has 2 aromatic heterocycles. The molecule has 0 atom stereocenters. The molecule has 0 fully saturated rings. The molecular weight excluding hydrogens is 849 g/mol. The van der Waals surface area contributed by atoms with Crippen LogP contribution in [0.25, 0.3) is 111 Å². The summed E-state index contributed by atoms with van der Waals surface area (Å²) in [6.07, 6.45) is 0. The predicted octanol–water partition coefficient (Wildman–Crippen LogP) is 16.8. The average molecular weight is 897 g/mol. The van der Waals surface area contributed by atoms with E-state index >= 15 is 0 Å². The van der Waals surface area contributed by atoms with Gasteiger partial charge in [0, 0.05) is 33.3 Å². The molecule has 0 bridgehead atoms. The fourth-order valence-electron chi connectivity index (χ4n) is 12.0. The highest BCUT2D eigenvalue weighted by molar-refractivity contribution is 6.10. The van der Waals surface area contributed by atoms with Crippen molar-refractivity contribution in [3.8, 4) is 78.7 Å². The van der Waals surface area contributed by atoms with Crippen LogP contribution >= 0.6 is 0 Å². The molecule has 0 saturated carbocycles. The summed E-state index contributed by atoms with van der Waals surface area (Å²) >= 11 is 0. The van der Waals surface area contributed by atoms with Crippen molar-refractivity contribution in [1.29, 1.82) is 0 Å². The van der Waals surface area contributed by atoms with E-state index in [4.69, 9.17) is 9.97 Å². The van der Waals surface area contributed by atoms with E-state index in [2.05, 4.69) is 255 Å². The Morgan fingerprint density at radius 2 is 0.743 bits per heavy atom. The van der Waals surface area contributed by atoms with Crippen molar-refractivity contribution in [1.82, 2.24) is 19.1 Å². The normalized spacial score (nSPS) is 13.9. The Morgan fingerprint density at radius 1 is 0.314 bits per heavy atom. The summed E-state index contributed by atoms with van der Waals surface area (Å²) in [5.41, 5.74) is 24.0. The van der Waals surface area contributed by atoms with Gasteiger partial charge in [-0.25, -0.2) is 9.97 Å². The lowest BCUT2D eigenvalue weighted by Crippen LogP contribution is -2.17. The Balaban J connectivity index is 0.822. The van der Waals surface area contributed by atoms with E-state index in [0.29, 0.717) is 0 Å². The zero-order valence-electron chi connectivity index (χ0n) is 39.6. The van der Waals surface area contributed by atoms with Gasteiger partial charge in [-0.15, -0.1) is 0 Å². The number of benzene rings is 10. The van der Waals surface area contributed by atoms with Crippen molar-refractivity contribution < 1.29 is 0 Å². The molecule has 2 aliphatic rings. The lowest BCUT2D eigenvalue weighted by atomic mass is 9.78. The van der Waals surface area contributed by atoms with Crippen molar-refractivity contribution in [2.45, 2.75) is 38.5 Å². The van der Waals surface area contributed by atoms with Crippen LogP contribution in [-0.2, 0) is 10.8 Å². The number of hydrogen-bond donors (Lipinski definition) is 0. The molecule has 14 rings (SSSR count). The van der Waals surface area contributed by atoms with Crippen molar-refractivity contribution in [3.63, 3.8) is 0 Å². The number of rotatable bonds is 6. The SMILES string of the molecule is CC1(C)c2cc(-c3ccc(-c4nc5ccccc5n4-c4ccccc4)cc3)ccc2-c2cc3c(cc21)-c1c(cc(-c2ccc(-c4nc5ccccc5n4-c4ccccc4)cc2)c2ccccc12)C3(C)C. The summed E-state index contributed by atoms with van der Waals surface area (Å²) in [6.45, 7) is 9.66. The van der Waals surface area contributed by atoms with Gasteiger partial charge in [0.25, 0.3) is 0 Å². The van der Waals surface area contributed by atoms with Crippen LogP contribution in [0.4, 0.5) is 0 Å². The molecule has 12 aromatic rings. The molecule has 4 nitrogen and oxygen atoms in total. The smallest absolute Gasteiger partial charge is 0.145 e. The summed E-state index contributed by atoms with van der Waals surface area (Å²) in [7, 11) is 0. The molecule has 10 aromatic carbocycles. The maximum atomic E-state index is 5.16. The molecule has 0 radical (unpaired) electrons. The Kier molecular flexibility index (Phi) is 8.64. The third-order valence-electron chi connectivity index (χ3n) is 15.6. The molecule has 0 spiro atoms. The predicted molar refractivity (Wildman–Crippen MR) is 290 cm³/mol. The van der Waals surface area contributed by atoms with Crippen molar-refractivity contribution >= 4 is 32.8 Å². The van der Waals surface area contributed by atoms with Crippen molar-refractivity contribution in [2.75, 3.05) is 0 Å².